The van der Waals surface area contributed by atoms with Crippen LogP contribution in [0.2, 0.25) is 0 Å². The van der Waals surface area contributed by atoms with Crippen molar-refractivity contribution in [1.82, 2.24) is 9.97 Å². The van der Waals surface area contributed by atoms with Gasteiger partial charge in [0, 0.05) is 38.3 Å². The Labute approximate surface area is 119 Å². The minimum atomic E-state index is 0.800. The first kappa shape index (κ1) is 14.1. The number of benzene rings is 1. The molecule has 0 aliphatic rings. The molecule has 0 saturated heterocycles. The van der Waals surface area contributed by atoms with Crippen molar-refractivity contribution >= 4 is 17.3 Å². The zero-order chi connectivity index (χ0) is 14.5. The van der Waals surface area contributed by atoms with Crippen LogP contribution < -0.4 is 15.0 Å². The lowest BCUT2D eigenvalue weighted by Gasteiger charge is -2.20. The van der Waals surface area contributed by atoms with E-state index in [0.717, 1.165) is 35.3 Å². The predicted octanol–water partition coefficient (Wildman–Crippen LogP) is 2.86. The maximum atomic E-state index is 5.26. The fraction of sp³-hybridized carbons (Fsp3) is 0.333. The Morgan fingerprint density at radius 2 is 2.05 bits per heavy atom. The van der Waals surface area contributed by atoms with Gasteiger partial charge < -0.3 is 15.0 Å². The van der Waals surface area contributed by atoms with Crippen molar-refractivity contribution in [3.05, 3.63) is 36.2 Å². The molecule has 0 unspecified atom stereocenters. The van der Waals surface area contributed by atoms with Crippen molar-refractivity contribution in [3.8, 4) is 5.75 Å². The van der Waals surface area contributed by atoms with Gasteiger partial charge in [-0.1, -0.05) is 13.0 Å². The molecule has 0 saturated carbocycles. The van der Waals surface area contributed by atoms with Gasteiger partial charge in [0.2, 0.25) is 0 Å². The van der Waals surface area contributed by atoms with Crippen LogP contribution >= 0.6 is 0 Å². The smallest absolute Gasteiger partial charge is 0.138 e. The first-order valence-corrected chi connectivity index (χ1v) is 6.61. The number of ether oxygens (including phenoxy) is 1. The van der Waals surface area contributed by atoms with Crippen molar-refractivity contribution in [2.75, 3.05) is 31.4 Å². The Bertz CT molecular complexity index is 564. The molecule has 2 aromatic rings. The molecule has 1 N–H and O–H groups in total. The summed E-state index contributed by atoms with van der Waals surface area (Å²) in [6.07, 6.45) is 0.800. The van der Waals surface area contributed by atoms with Crippen molar-refractivity contribution in [3.63, 3.8) is 0 Å². The lowest BCUT2D eigenvalue weighted by atomic mass is 10.2. The second-order valence-corrected chi connectivity index (χ2v) is 4.39. The van der Waals surface area contributed by atoms with Gasteiger partial charge in [-0.05, 0) is 12.1 Å². The number of hydrogen-bond donors (Lipinski definition) is 1. The summed E-state index contributed by atoms with van der Waals surface area (Å²) < 4.78 is 5.26. The van der Waals surface area contributed by atoms with E-state index in [2.05, 4.69) is 15.3 Å². The second-order valence-electron chi connectivity index (χ2n) is 4.39. The molecule has 0 spiro atoms. The molecule has 5 heteroatoms. The fourth-order valence-corrected chi connectivity index (χ4v) is 1.89. The molecule has 1 aromatic carbocycles. The number of nitrogens with zero attached hydrogens (tertiary/aromatic N) is 3. The number of rotatable bonds is 5. The monoisotopic (exact) mass is 272 g/mol. The maximum absolute atomic E-state index is 5.26. The number of hydrogen-bond acceptors (Lipinski definition) is 5. The summed E-state index contributed by atoms with van der Waals surface area (Å²) in [5.41, 5.74) is 1.02. The molecule has 0 fully saturated rings. The highest BCUT2D eigenvalue weighted by Gasteiger charge is 2.09. The van der Waals surface area contributed by atoms with Gasteiger partial charge in [-0.15, -0.1) is 0 Å². The Balaban J connectivity index is 2.38. The van der Waals surface area contributed by atoms with Crippen LogP contribution in [0.5, 0.6) is 5.75 Å². The highest BCUT2D eigenvalue weighted by molar-refractivity contribution is 5.63. The van der Waals surface area contributed by atoms with E-state index in [1.54, 1.807) is 7.11 Å². The molecular weight excluding hydrogens is 252 g/mol. The molecule has 0 bridgehead atoms. The second kappa shape index (κ2) is 6.23. The number of anilines is 3. The van der Waals surface area contributed by atoms with Gasteiger partial charge in [-0.3, -0.25) is 0 Å². The highest BCUT2D eigenvalue weighted by atomic mass is 16.5. The van der Waals surface area contributed by atoms with Crippen LogP contribution in [0, 0.1) is 0 Å². The van der Waals surface area contributed by atoms with Crippen molar-refractivity contribution in [1.29, 1.82) is 0 Å². The number of methoxy groups -OCH3 is 1. The van der Waals surface area contributed by atoms with Crippen molar-refractivity contribution in [2.24, 2.45) is 0 Å². The third-order valence-corrected chi connectivity index (χ3v) is 3.12. The SMILES string of the molecule is CCc1nc(NC)cc(N(C)c2cccc(OC)c2)n1. The van der Waals surface area contributed by atoms with Gasteiger partial charge in [0.15, 0.2) is 0 Å². The summed E-state index contributed by atoms with van der Waals surface area (Å²) in [7, 11) is 5.51. The third-order valence-electron chi connectivity index (χ3n) is 3.12. The topological polar surface area (TPSA) is 50.3 Å². The van der Waals surface area contributed by atoms with Crippen LogP contribution in [0.25, 0.3) is 0 Å². The molecule has 0 radical (unpaired) electrons. The molecule has 5 nitrogen and oxygen atoms in total. The van der Waals surface area contributed by atoms with Crippen LogP contribution in [0.3, 0.4) is 0 Å². The first-order chi connectivity index (χ1) is 9.67. The molecule has 1 aromatic heterocycles. The van der Waals surface area contributed by atoms with Crippen LogP contribution in [-0.2, 0) is 6.42 Å². The van der Waals surface area contributed by atoms with E-state index in [1.807, 2.05) is 56.3 Å². The van der Waals surface area contributed by atoms with Gasteiger partial charge in [0.25, 0.3) is 0 Å². The maximum Gasteiger partial charge on any atom is 0.138 e. The van der Waals surface area contributed by atoms with E-state index in [-0.39, 0.29) is 0 Å². The third kappa shape index (κ3) is 2.99. The highest BCUT2D eigenvalue weighted by Crippen LogP contribution is 2.26. The van der Waals surface area contributed by atoms with Crippen molar-refractivity contribution < 1.29 is 4.74 Å². The normalized spacial score (nSPS) is 10.2. The summed E-state index contributed by atoms with van der Waals surface area (Å²) in [5, 5.41) is 3.07. The molecular formula is C15H20N4O. The van der Waals surface area contributed by atoms with Gasteiger partial charge >= 0.3 is 0 Å². The summed E-state index contributed by atoms with van der Waals surface area (Å²) in [4.78, 5) is 11.0. The quantitative estimate of drug-likeness (QED) is 0.907. The fourth-order valence-electron chi connectivity index (χ4n) is 1.89. The minimum absolute atomic E-state index is 0.800. The van der Waals surface area contributed by atoms with E-state index in [9.17, 15) is 0 Å². The molecule has 2 rings (SSSR count). The average Bonchev–Trinajstić information content (AvgIpc) is 2.53. The van der Waals surface area contributed by atoms with E-state index in [1.165, 1.54) is 0 Å². The Morgan fingerprint density at radius 3 is 2.70 bits per heavy atom. The summed E-state index contributed by atoms with van der Waals surface area (Å²) in [5.74, 6) is 3.32. The molecule has 20 heavy (non-hydrogen) atoms. The number of aromatic nitrogens is 2. The molecule has 0 aliphatic heterocycles. The van der Waals surface area contributed by atoms with Crippen molar-refractivity contribution in [2.45, 2.75) is 13.3 Å². The average molecular weight is 272 g/mol. The Kier molecular flexibility index (Phi) is 4.40. The molecule has 0 atom stereocenters. The van der Waals surface area contributed by atoms with E-state index < -0.39 is 0 Å². The van der Waals surface area contributed by atoms with Crippen LogP contribution in [-0.4, -0.2) is 31.2 Å². The van der Waals surface area contributed by atoms with Crippen LogP contribution in [0.4, 0.5) is 17.3 Å². The number of aryl methyl sites for hydroxylation is 1. The zero-order valence-corrected chi connectivity index (χ0v) is 12.3. The zero-order valence-electron chi connectivity index (χ0n) is 12.3. The summed E-state index contributed by atoms with van der Waals surface area (Å²) in [6, 6.07) is 9.82. The van der Waals surface area contributed by atoms with Gasteiger partial charge in [0.05, 0.1) is 7.11 Å². The van der Waals surface area contributed by atoms with Gasteiger partial charge in [-0.25, -0.2) is 9.97 Å². The molecule has 0 aliphatic carbocycles. The summed E-state index contributed by atoms with van der Waals surface area (Å²) in [6.45, 7) is 2.05. The van der Waals surface area contributed by atoms with Gasteiger partial charge in [-0.2, -0.15) is 0 Å². The van der Waals surface area contributed by atoms with E-state index in [4.69, 9.17) is 4.74 Å². The lowest BCUT2D eigenvalue weighted by Crippen LogP contribution is -2.13. The molecule has 106 valence electrons. The summed E-state index contributed by atoms with van der Waals surface area (Å²) >= 11 is 0. The van der Waals surface area contributed by atoms with E-state index >= 15 is 0 Å². The molecule has 1 heterocycles. The van der Waals surface area contributed by atoms with Crippen LogP contribution in [0.15, 0.2) is 30.3 Å². The standard InChI is InChI=1S/C15H20N4O/c1-5-13-17-14(16-2)10-15(18-13)19(3)11-7-6-8-12(9-11)20-4/h6-10H,5H2,1-4H3,(H,16,17,18). The molecule has 0 amide bonds. The minimum Gasteiger partial charge on any atom is -0.497 e. The van der Waals surface area contributed by atoms with Gasteiger partial charge in [0.1, 0.15) is 23.2 Å². The first-order valence-electron chi connectivity index (χ1n) is 6.61. The Hall–Kier alpha value is -2.30. The van der Waals surface area contributed by atoms with Crippen LogP contribution in [0.1, 0.15) is 12.7 Å². The largest absolute Gasteiger partial charge is 0.497 e. The predicted molar refractivity (Wildman–Crippen MR) is 82.0 cm³/mol. The van der Waals surface area contributed by atoms with E-state index in [0.29, 0.717) is 0 Å². The number of nitrogens with one attached hydrogen (secondary N) is 1. The Morgan fingerprint density at radius 1 is 1.25 bits per heavy atom. The lowest BCUT2D eigenvalue weighted by molar-refractivity contribution is 0.415.